The first-order valence-electron chi connectivity index (χ1n) is 9.82. The van der Waals surface area contributed by atoms with Gasteiger partial charge < -0.3 is 10.2 Å². The molecule has 0 aliphatic carbocycles. The molecule has 29 heavy (non-hydrogen) atoms. The molecule has 1 aromatic carbocycles. The molecule has 2 aromatic rings. The number of hydrogen-bond donors (Lipinski definition) is 1. The van der Waals surface area contributed by atoms with Crippen LogP contribution in [0, 0.1) is 0 Å². The lowest BCUT2D eigenvalue weighted by molar-refractivity contribution is -0.116. The monoisotopic (exact) mass is 421 g/mol. The van der Waals surface area contributed by atoms with E-state index in [9.17, 15) is 13.2 Å². The van der Waals surface area contributed by atoms with Crippen molar-refractivity contribution < 1.29 is 13.2 Å². The highest BCUT2D eigenvalue weighted by molar-refractivity contribution is 7.89. The Balaban J connectivity index is 1.87. The molecule has 0 aliphatic heterocycles. The molecule has 9 heteroatoms. The molecule has 0 saturated heterocycles. The second-order valence-electron chi connectivity index (χ2n) is 7.08. The summed E-state index contributed by atoms with van der Waals surface area (Å²) < 4.78 is 28.2. The van der Waals surface area contributed by atoms with Gasteiger partial charge in [-0.15, -0.1) is 0 Å². The van der Waals surface area contributed by atoms with E-state index in [1.165, 1.54) is 4.31 Å². The molecule has 0 bridgehead atoms. The summed E-state index contributed by atoms with van der Waals surface area (Å²) in [4.78, 5) is 14.5. The number of nitrogens with zero attached hydrogens (tertiary/aromatic N) is 4. The smallest absolute Gasteiger partial charge is 0.243 e. The van der Waals surface area contributed by atoms with Crippen molar-refractivity contribution in [2.75, 3.05) is 39.0 Å². The molecule has 0 spiro atoms. The summed E-state index contributed by atoms with van der Waals surface area (Å²) in [5.74, 6) is -0.100. The van der Waals surface area contributed by atoms with Crippen LogP contribution in [0.1, 0.15) is 25.8 Å². The molecule has 0 radical (unpaired) electrons. The molecule has 0 unspecified atom stereocenters. The number of hydrogen-bond acceptors (Lipinski definition) is 5. The highest BCUT2D eigenvalue weighted by atomic mass is 32.2. The predicted octanol–water partition coefficient (Wildman–Crippen LogP) is 2.05. The van der Waals surface area contributed by atoms with Crippen LogP contribution in [0.5, 0.6) is 0 Å². The van der Waals surface area contributed by atoms with Gasteiger partial charge in [0.2, 0.25) is 15.9 Å². The Morgan fingerprint density at radius 3 is 2.38 bits per heavy atom. The van der Waals surface area contributed by atoms with Crippen LogP contribution < -0.4 is 5.32 Å². The summed E-state index contributed by atoms with van der Waals surface area (Å²) in [7, 11) is 0.539. The van der Waals surface area contributed by atoms with Gasteiger partial charge in [0.15, 0.2) is 0 Å². The van der Waals surface area contributed by atoms with Gasteiger partial charge in [-0.1, -0.05) is 26.0 Å². The minimum Gasteiger partial charge on any atom is -0.323 e. The maximum absolute atomic E-state index is 12.5. The average molecular weight is 422 g/mol. The van der Waals surface area contributed by atoms with E-state index >= 15 is 0 Å². The molecule has 160 valence electrons. The molecule has 0 fully saturated rings. The Kier molecular flexibility index (Phi) is 8.36. The average Bonchev–Trinajstić information content (AvgIpc) is 3.13. The lowest BCUT2D eigenvalue weighted by Crippen LogP contribution is -2.30. The van der Waals surface area contributed by atoms with E-state index < -0.39 is 10.0 Å². The van der Waals surface area contributed by atoms with E-state index in [0.717, 1.165) is 18.7 Å². The predicted molar refractivity (Wildman–Crippen MR) is 114 cm³/mol. The second-order valence-corrected chi connectivity index (χ2v) is 9.01. The topological polar surface area (TPSA) is 87.5 Å². The van der Waals surface area contributed by atoms with Crippen LogP contribution in [0.4, 0.5) is 5.69 Å². The molecule has 2 rings (SSSR count). The second kappa shape index (κ2) is 10.5. The molecular weight excluding hydrogens is 390 g/mol. The van der Waals surface area contributed by atoms with Crippen molar-refractivity contribution in [3.8, 4) is 0 Å². The van der Waals surface area contributed by atoms with Crippen molar-refractivity contribution in [1.29, 1.82) is 0 Å². The SMILES string of the molecule is CCN(CC)S(=O)(=O)c1ccc(CCC(=O)Nc2cnn(CCN(C)C)c2)cc1. The van der Waals surface area contributed by atoms with Crippen molar-refractivity contribution in [3.05, 3.63) is 42.2 Å². The highest BCUT2D eigenvalue weighted by Crippen LogP contribution is 2.17. The normalized spacial score (nSPS) is 11.9. The van der Waals surface area contributed by atoms with Crippen LogP contribution in [0.15, 0.2) is 41.6 Å². The van der Waals surface area contributed by atoms with E-state index in [0.29, 0.717) is 31.6 Å². The number of likely N-dealkylation sites (N-methyl/N-ethyl adjacent to an activating group) is 1. The number of nitrogens with one attached hydrogen (secondary N) is 1. The van der Waals surface area contributed by atoms with Crippen molar-refractivity contribution in [2.24, 2.45) is 0 Å². The number of carbonyl (C=O) groups is 1. The van der Waals surface area contributed by atoms with E-state index in [4.69, 9.17) is 0 Å². The molecule has 0 aliphatic rings. The first-order valence-corrected chi connectivity index (χ1v) is 11.3. The van der Waals surface area contributed by atoms with Gasteiger partial charge in [0.25, 0.3) is 0 Å². The number of amides is 1. The quantitative estimate of drug-likeness (QED) is 0.600. The van der Waals surface area contributed by atoms with Gasteiger partial charge in [0.1, 0.15) is 0 Å². The largest absolute Gasteiger partial charge is 0.323 e. The zero-order valence-corrected chi connectivity index (χ0v) is 18.4. The lowest BCUT2D eigenvalue weighted by Gasteiger charge is -2.18. The minimum atomic E-state index is -3.46. The fourth-order valence-electron chi connectivity index (χ4n) is 2.87. The van der Waals surface area contributed by atoms with E-state index in [1.807, 2.05) is 34.1 Å². The van der Waals surface area contributed by atoms with Gasteiger partial charge in [-0.05, 0) is 38.2 Å². The summed E-state index contributed by atoms with van der Waals surface area (Å²) in [6, 6.07) is 6.75. The van der Waals surface area contributed by atoms with Crippen LogP contribution >= 0.6 is 0 Å². The molecule has 1 aromatic heterocycles. The summed E-state index contributed by atoms with van der Waals surface area (Å²) in [5, 5.41) is 7.08. The number of aryl methyl sites for hydroxylation is 1. The van der Waals surface area contributed by atoms with Crippen molar-refractivity contribution in [3.63, 3.8) is 0 Å². The molecule has 0 saturated carbocycles. The number of sulfonamides is 1. The van der Waals surface area contributed by atoms with Gasteiger partial charge in [0, 0.05) is 32.3 Å². The Hall–Kier alpha value is -2.23. The summed E-state index contributed by atoms with van der Waals surface area (Å²) in [6.07, 6.45) is 4.30. The maximum Gasteiger partial charge on any atom is 0.243 e. The van der Waals surface area contributed by atoms with E-state index in [-0.39, 0.29) is 10.8 Å². The number of anilines is 1. The number of aromatic nitrogens is 2. The van der Waals surface area contributed by atoms with Crippen LogP contribution in [-0.4, -0.2) is 67.0 Å². The summed E-state index contributed by atoms with van der Waals surface area (Å²) >= 11 is 0. The third-order valence-corrected chi connectivity index (χ3v) is 6.66. The van der Waals surface area contributed by atoms with Crippen LogP contribution in [0.25, 0.3) is 0 Å². The molecule has 0 atom stereocenters. The van der Waals surface area contributed by atoms with Crippen LogP contribution in [0.3, 0.4) is 0 Å². The van der Waals surface area contributed by atoms with Crippen molar-refractivity contribution >= 4 is 21.6 Å². The minimum absolute atomic E-state index is 0.100. The Labute approximate surface area is 173 Å². The molecule has 1 amide bonds. The van der Waals surface area contributed by atoms with Gasteiger partial charge in [-0.3, -0.25) is 9.48 Å². The van der Waals surface area contributed by atoms with Crippen LogP contribution in [0.2, 0.25) is 0 Å². The van der Waals surface area contributed by atoms with E-state index in [2.05, 4.69) is 15.3 Å². The van der Waals surface area contributed by atoms with Gasteiger partial charge in [-0.25, -0.2) is 8.42 Å². The third-order valence-electron chi connectivity index (χ3n) is 4.60. The zero-order chi connectivity index (χ0) is 21.4. The molecule has 1 heterocycles. The number of rotatable bonds is 11. The first-order chi connectivity index (χ1) is 13.8. The van der Waals surface area contributed by atoms with E-state index in [1.54, 1.807) is 35.1 Å². The third kappa shape index (κ3) is 6.66. The Bertz CT molecular complexity index is 887. The first kappa shape index (κ1) is 23.1. The zero-order valence-electron chi connectivity index (χ0n) is 17.6. The molecule has 1 N–H and O–H groups in total. The summed E-state index contributed by atoms with van der Waals surface area (Å²) in [6.45, 7) is 6.14. The van der Waals surface area contributed by atoms with Gasteiger partial charge in [0.05, 0.1) is 23.3 Å². The maximum atomic E-state index is 12.5. The molecular formula is C20H31N5O3S. The fraction of sp³-hybridized carbons (Fsp3) is 0.500. The van der Waals surface area contributed by atoms with Crippen LogP contribution in [-0.2, 0) is 27.8 Å². The summed E-state index contributed by atoms with van der Waals surface area (Å²) in [5.41, 5.74) is 1.59. The standard InChI is InChI=1S/C20H31N5O3S/c1-5-25(6-2)29(27,28)19-10-7-17(8-11-19)9-12-20(26)22-18-15-21-24(16-18)14-13-23(3)4/h7-8,10-11,15-16H,5-6,9,12-14H2,1-4H3,(H,22,26). The highest BCUT2D eigenvalue weighted by Gasteiger charge is 2.21. The Morgan fingerprint density at radius 1 is 1.14 bits per heavy atom. The van der Waals surface area contributed by atoms with Crippen molar-refractivity contribution in [2.45, 2.75) is 38.1 Å². The fourth-order valence-corrected chi connectivity index (χ4v) is 4.33. The van der Waals surface area contributed by atoms with Crippen molar-refractivity contribution in [1.82, 2.24) is 19.0 Å². The lowest BCUT2D eigenvalue weighted by atomic mass is 10.1. The molecule has 8 nitrogen and oxygen atoms in total. The van der Waals surface area contributed by atoms with Gasteiger partial charge in [-0.2, -0.15) is 9.40 Å². The number of benzene rings is 1. The van der Waals surface area contributed by atoms with Gasteiger partial charge >= 0.3 is 0 Å². The number of carbonyl (C=O) groups excluding carboxylic acids is 1. The Morgan fingerprint density at radius 2 is 1.79 bits per heavy atom.